The van der Waals surface area contributed by atoms with Crippen molar-refractivity contribution in [3.63, 3.8) is 0 Å². The van der Waals surface area contributed by atoms with Crippen molar-refractivity contribution in [3.8, 4) is 0 Å². The Morgan fingerprint density at radius 3 is 2.73 bits per heavy atom. The zero-order chi connectivity index (χ0) is 18.9. The molecule has 0 radical (unpaired) electrons. The molecule has 0 spiro atoms. The number of nitrogens with zero attached hydrogens (tertiary/aromatic N) is 3. The number of rotatable bonds is 8. The summed E-state index contributed by atoms with van der Waals surface area (Å²) >= 11 is 0. The van der Waals surface area contributed by atoms with E-state index in [2.05, 4.69) is 25.8 Å². The number of aromatic nitrogens is 2. The first-order valence-electron chi connectivity index (χ1n) is 9.09. The van der Waals surface area contributed by atoms with Gasteiger partial charge in [0.25, 0.3) is 0 Å². The molecule has 2 N–H and O–H groups in total. The fraction of sp³-hybridized carbons (Fsp3) is 0.526. The summed E-state index contributed by atoms with van der Waals surface area (Å²) < 4.78 is 18.4. The average molecular weight is 361 g/mol. The summed E-state index contributed by atoms with van der Waals surface area (Å²) in [7, 11) is 0. The second kappa shape index (κ2) is 9.89. The van der Waals surface area contributed by atoms with E-state index in [9.17, 15) is 4.39 Å². The Labute approximate surface area is 154 Å². The maximum absolute atomic E-state index is 13.2. The molecule has 0 fully saturated rings. The molecule has 0 aliphatic rings. The van der Waals surface area contributed by atoms with Gasteiger partial charge in [0.2, 0.25) is 5.89 Å². The normalized spacial score (nSPS) is 11.8. The predicted molar refractivity (Wildman–Crippen MR) is 101 cm³/mol. The zero-order valence-electron chi connectivity index (χ0n) is 16.0. The van der Waals surface area contributed by atoms with Crippen LogP contribution in [0.15, 0.2) is 27.7 Å². The summed E-state index contributed by atoms with van der Waals surface area (Å²) in [6, 6.07) is 4.89. The van der Waals surface area contributed by atoms with Crippen molar-refractivity contribution in [3.05, 3.63) is 46.9 Å². The lowest BCUT2D eigenvalue weighted by Crippen LogP contribution is -2.38. The molecule has 0 atom stereocenters. The fourth-order valence-corrected chi connectivity index (χ4v) is 2.46. The molecule has 7 heteroatoms. The molecule has 2 aromatic rings. The van der Waals surface area contributed by atoms with Crippen molar-refractivity contribution >= 4 is 5.96 Å². The third-order valence-corrected chi connectivity index (χ3v) is 3.93. The molecule has 0 saturated carbocycles. The van der Waals surface area contributed by atoms with Crippen molar-refractivity contribution in [2.75, 3.05) is 19.6 Å². The quantitative estimate of drug-likeness (QED) is 0.558. The Hall–Kier alpha value is -2.44. The summed E-state index contributed by atoms with van der Waals surface area (Å²) in [6.07, 6.45) is 1.41. The number of benzene rings is 1. The highest BCUT2D eigenvalue weighted by atomic mass is 19.1. The molecule has 1 heterocycles. The molecule has 1 aromatic heterocycles. The molecule has 0 unspecified atom stereocenters. The highest BCUT2D eigenvalue weighted by Crippen LogP contribution is 2.11. The Kier molecular flexibility index (Phi) is 7.56. The number of hydrogen-bond acceptors (Lipinski definition) is 4. The second-order valence-corrected chi connectivity index (χ2v) is 6.46. The van der Waals surface area contributed by atoms with E-state index in [1.165, 1.54) is 6.07 Å². The SMILES string of the molecule is CCNC(=NCCc1nc(C(C)C)no1)NCCc1ccc(F)cc1C. The maximum Gasteiger partial charge on any atom is 0.228 e. The van der Waals surface area contributed by atoms with Crippen LogP contribution in [0.4, 0.5) is 4.39 Å². The molecule has 0 aliphatic carbocycles. The molecule has 0 saturated heterocycles. The number of hydrogen-bond donors (Lipinski definition) is 2. The van der Waals surface area contributed by atoms with Crippen molar-refractivity contribution in [2.45, 2.75) is 46.5 Å². The standard InChI is InChI=1S/C19H28FN5O/c1-5-21-19(22-10-8-15-6-7-16(20)12-14(15)4)23-11-9-17-24-18(13(2)3)25-26-17/h6-7,12-13H,5,8-11H2,1-4H3,(H2,21,22,23). The topological polar surface area (TPSA) is 75.3 Å². The van der Waals surface area contributed by atoms with Gasteiger partial charge in [-0.1, -0.05) is 25.1 Å². The first-order chi connectivity index (χ1) is 12.5. The molecule has 0 bridgehead atoms. The van der Waals surface area contributed by atoms with E-state index in [1.807, 2.05) is 33.8 Å². The van der Waals surface area contributed by atoms with Gasteiger partial charge in [-0.15, -0.1) is 0 Å². The smallest absolute Gasteiger partial charge is 0.228 e. The zero-order valence-corrected chi connectivity index (χ0v) is 16.0. The van der Waals surface area contributed by atoms with E-state index in [0.29, 0.717) is 18.9 Å². The predicted octanol–water partition coefficient (Wildman–Crippen LogP) is 2.98. The number of aryl methyl sites for hydroxylation is 1. The van der Waals surface area contributed by atoms with Gasteiger partial charge in [0.15, 0.2) is 11.8 Å². The maximum atomic E-state index is 13.2. The third kappa shape index (κ3) is 6.13. The van der Waals surface area contributed by atoms with Crippen LogP contribution in [-0.2, 0) is 12.8 Å². The van der Waals surface area contributed by atoms with Crippen LogP contribution in [-0.4, -0.2) is 35.7 Å². The Morgan fingerprint density at radius 1 is 1.27 bits per heavy atom. The Morgan fingerprint density at radius 2 is 2.08 bits per heavy atom. The molecule has 6 nitrogen and oxygen atoms in total. The number of aliphatic imine (C=N–C) groups is 1. The monoisotopic (exact) mass is 361 g/mol. The minimum absolute atomic E-state index is 0.198. The van der Waals surface area contributed by atoms with Crippen LogP contribution in [0.5, 0.6) is 0 Å². The summed E-state index contributed by atoms with van der Waals surface area (Å²) in [5, 5.41) is 10.5. The summed E-state index contributed by atoms with van der Waals surface area (Å²) in [5.74, 6) is 2.13. The molecule has 142 valence electrons. The summed E-state index contributed by atoms with van der Waals surface area (Å²) in [4.78, 5) is 8.89. The van der Waals surface area contributed by atoms with Crippen LogP contribution >= 0.6 is 0 Å². The van der Waals surface area contributed by atoms with Gasteiger partial charge in [-0.2, -0.15) is 4.98 Å². The highest BCUT2D eigenvalue weighted by Gasteiger charge is 2.09. The van der Waals surface area contributed by atoms with E-state index in [1.54, 1.807) is 6.07 Å². The van der Waals surface area contributed by atoms with Crippen molar-refractivity contribution < 1.29 is 8.91 Å². The molecule has 0 amide bonds. The van der Waals surface area contributed by atoms with Crippen LogP contribution in [0.3, 0.4) is 0 Å². The number of nitrogens with one attached hydrogen (secondary N) is 2. The van der Waals surface area contributed by atoms with Crippen molar-refractivity contribution in [1.82, 2.24) is 20.8 Å². The van der Waals surface area contributed by atoms with Crippen LogP contribution in [0.1, 0.15) is 49.5 Å². The largest absolute Gasteiger partial charge is 0.357 e. The second-order valence-electron chi connectivity index (χ2n) is 6.46. The van der Waals surface area contributed by atoms with Crippen LogP contribution in [0.2, 0.25) is 0 Å². The van der Waals surface area contributed by atoms with Gasteiger partial charge >= 0.3 is 0 Å². The van der Waals surface area contributed by atoms with Gasteiger partial charge in [-0.3, -0.25) is 4.99 Å². The molecule has 1 aromatic carbocycles. The lowest BCUT2D eigenvalue weighted by molar-refractivity contribution is 0.372. The summed E-state index contributed by atoms with van der Waals surface area (Å²) in [5.41, 5.74) is 2.09. The Bertz CT molecular complexity index is 726. The molecule has 2 rings (SSSR count). The van der Waals surface area contributed by atoms with Gasteiger partial charge in [-0.25, -0.2) is 4.39 Å². The van der Waals surface area contributed by atoms with Gasteiger partial charge in [0, 0.05) is 25.4 Å². The van der Waals surface area contributed by atoms with E-state index in [0.717, 1.165) is 42.4 Å². The minimum atomic E-state index is -0.198. The molecular weight excluding hydrogens is 333 g/mol. The van der Waals surface area contributed by atoms with Crippen LogP contribution in [0, 0.1) is 12.7 Å². The van der Waals surface area contributed by atoms with Crippen molar-refractivity contribution in [2.24, 2.45) is 4.99 Å². The van der Waals surface area contributed by atoms with E-state index in [4.69, 9.17) is 4.52 Å². The van der Waals surface area contributed by atoms with Crippen LogP contribution < -0.4 is 10.6 Å². The fourth-order valence-electron chi connectivity index (χ4n) is 2.46. The van der Waals surface area contributed by atoms with Crippen molar-refractivity contribution in [1.29, 1.82) is 0 Å². The van der Waals surface area contributed by atoms with Gasteiger partial charge in [0.05, 0.1) is 6.54 Å². The highest BCUT2D eigenvalue weighted by molar-refractivity contribution is 5.79. The number of halogens is 1. The van der Waals surface area contributed by atoms with Gasteiger partial charge in [-0.05, 0) is 43.5 Å². The molecular formula is C19H28FN5O. The van der Waals surface area contributed by atoms with E-state index >= 15 is 0 Å². The first-order valence-corrected chi connectivity index (χ1v) is 9.09. The molecule has 0 aliphatic heterocycles. The average Bonchev–Trinajstić information content (AvgIpc) is 3.06. The number of guanidine groups is 1. The van der Waals surface area contributed by atoms with Crippen LogP contribution in [0.25, 0.3) is 0 Å². The molecule has 26 heavy (non-hydrogen) atoms. The van der Waals surface area contributed by atoms with E-state index < -0.39 is 0 Å². The lowest BCUT2D eigenvalue weighted by atomic mass is 10.1. The van der Waals surface area contributed by atoms with Gasteiger partial charge < -0.3 is 15.2 Å². The van der Waals surface area contributed by atoms with Gasteiger partial charge in [0.1, 0.15) is 5.82 Å². The first kappa shape index (κ1) is 19.9. The Balaban J connectivity index is 1.83. The minimum Gasteiger partial charge on any atom is -0.357 e. The lowest BCUT2D eigenvalue weighted by Gasteiger charge is -2.12. The summed E-state index contributed by atoms with van der Waals surface area (Å²) in [6.45, 7) is 10.1. The third-order valence-electron chi connectivity index (χ3n) is 3.93. The van der Waals surface area contributed by atoms with E-state index in [-0.39, 0.29) is 11.7 Å².